The van der Waals surface area contributed by atoms with Gasteiger partial charge in [-0.1, -0.05) is 70.8 Å². The van der Waals surface area contributed by atoms with Crippen LogP contribution in [0.4, 0.5) is 0 Å². The summed E-state index contributed by atoms with van der Waals surface area (Å²) in [5, 5.41) is 0. The van der Waals surface area contributed by atoms with E-state index in [1.54, 1.807) is 5.56 Å². The number of unbranched alkanes of at least 4 members (excludes halogenated alkanes) is 9. The highest BCUT2D eigenvalue weighted by atomic mass is 31.0. The first kappa shape index (κ1) is 14.8. The van der Waals surface area contributed by atoms with Gasteiger partial charge in [-0.2, -0.15) is 0 Å². The van der Waals surface area contributed by atoms with Crippen molar-refractivity contribution in [3.8, 4) is 0 Å². The smallest absolute Gasteiger partial charge is 0.0276 e. The molecule has 1 heterocycles. The van der Waals surface area contributed by atoms with Gasteiger partial charge in [0.1, 0.15) is 0 Å². The Labute approximate surface area is 109 Å². The Bertz CT molecular complexity index is 238. The summed E-state index contributed by atoms with van der Waals surface area (Å²) < 4.78 is 0. The lowest BCUT2D eigenvalue weighted by Crippen LogP contribution is -1.84. The minimum absolute atomic E-state index is 0.958. The van der Waals surface area contributed by atoms with E-state index >= 15 is 0 Å². The summed E-state index contributed by atoms with van der Waals surface area (Å²) >= 11 is 0. The van der Waals surface area contributed by atoms with Gasteiger partial charge in [-0.25, -0.2) is 0 Å². The molecule has 0 spiro atoms. The van der Waals surface area contributed by atoms with Crippen molar-refractivity contribution in [1.82, 2.24) is 0 Å². The van der Waals surface area contributed by atoms with Crippen molar-refractivity contribution in [1.29, 1.82) is 0 Å². The summed E-state index contributed by atoms with van der Waals surface area (Å²) in [6, 6.07) is 2.31. The van der Waals surface area contributed by atoms with Crippen LogP contribution in [0.3, 0.4) is 0 Å². The Kier molecular flexibility index (Phi) is 9.52. The third-order valence-electron chi connectivity index (χ3n) is 3.48. The average Bonchev–Trinajstić information content (AvgIpc) is 2.85. The third-order valence-corrected chi connectivity index (χ3v) is 4.38. The molecule has 0 aliphatic rings. The molecular weight excluding hydrogens is 223 g/mol. The standard InChI is InChI=1S/C16H29P/c1-2-3-4-5-6-7-8-9-10-11-12-16-13-14-17-15-16/h13-15,17H,2-12H2,1H3. The van der Waals surface area contributed by atoms with Crippen molar-refractivity contribution in [2.24, 2.45) is 0 Å². The molecule has 1 unspecified atom stereocenters. The molecular formula is C16H29P. The van der Waals surface area contributed by atoms with Gasteiger partial charge in [0.2, 0.25) is 0 Å². The van der Waals surface area contributed by atoms with Crippen molar-refractivity contribution < 1.29 is 0 Å². The zero-order valence-electron chi connectivity index (χ0n) is 11.5. The van der Waals surface area contributed by atoms with Crippen LogP contribution in [-0.2, 0) is 6.42 Å². The molecule has 1 atom stereocenters. The molecule has 0 N–H and O–H groups in total. The second kappa shape index (κ2) is 10.9. The Morgan fingerprint density at radius 1 is 0.824 bits per heavy atom. The lowest BCUT2D eigenvalue weighted by molar-refractivity contribution is 0.556. The zero-order chi connectivity index (χ0) is 12.2. The number of hydrogen-bond donors (Lipinski definition) is 0. The fraction of sp³-hybridized carbons (Fsp3) is 0.750. The Hall–Kier alpha value is -0.220. The second-order valence-corrected chi connectivity index (χ2v) is 6.11. The molecule has 1 aromatic rings. The van der Waals surface area contributed by atoms with E-state index in [-0.39, 0.29) is 0 Å². The van der Waals surface area contributed by atoms with Crippen LogP contribution in [0.1, 0.15) is 76.7 Å². The van der Waals surface area contributed by atoms with Gasteiger partial charge in [-0.15, -0.1) is 8.19 Å². The van der Waals surface area contributed by atoms with E-state index in [2.05, 4.69) is 24.6 Å². The van der Waals surface area contributed by atoms with Gasteiger partial charge in [0.25, 0.3) is 0 Å². The molecule has 0 fully saturated rings. The molecule has 98 valence electrons. The van der Waals surface area contributed by atoms with E-state index in [0.717, 1.165) is 8.19 Å². The fourth-order valence-corrected chi connectivity index (χ4v) is 3.19. The van der Waals surface area contributed by atoms with E-state index in [9.17, 15) is 0 Å². The van der Waals surface area contributed by atoms with Crippen LogP contribution in [0.2, 0.25) is 0 Å². The van der Waals surface area contributed by atoms with Gasteiger partial charge in [-0.05, 0) is 30.0 Å². The molecule has 0 saturated carbocycles. The van der Waals surface area contributed by atoms with E-state index in [1.807, 2.05) is 0 Å². The summed E-state index contributed by atoms with van der Waals surface area (Å²) in [4.78, 5) is 0. The molecule has 0 aliphatic carbocycles. The molecule has 0 radical (unpaired) electrons. The Balaban J connectivity index is 1.76. The first-order valence-electron chi connectivity index (χ1n) is 7.55. The monoisotopic (exact) mass is 252 g/mol. The SMILES string of the molecule is CCCCCCCCCCCCc1cc[pH]c1. The second-order valence-electron chi connectivity index (χ2n) is 5.15. The minimum Gasteiger partial charge on any atom is -0.140 e. The summed E-state index contributed by atoms with van der Waals surface area (Å²) in [6.07, 6.45) is 15.7. The molecule has 0 saturated heterocycles. The van der Waals surface area contributed by atoms with Crippen molar-refractivity contribution in [2.75, 3.05) is 0 Å². The lowest BCUT2D eigenvalue weighted by Gasteiger charge is -2.02. The molecule has 17 heavy (non-hydrogen) atoms. The molecule has 1 aromatic heterocycles. The molecule has 0 nitrogen and oxygen atoms in total. The van der Waals surface area contributed by atoms with Gasteiger partial charge in [-0.3, -0.25) is 0 Å². The maximum absolute atomic E-state index is 2.40. The van der Waals surface area contributed by atoms with Crippen molar-refractivity contribution in [3.63, 3.8) is 0 Å². The van der Waals surface area contributed by atoms with E-state index in [0.29, 0.717) is 0 Å². The van der Waals surface area contributed by atoms with Crippen LogP contribution < -0.4 is 0 Å². The summed E-state index contributed by atoms with van der Waals surface area (Å²) in [5.74, 6) is 4.69. The highest BCUT2D eigenvalue weighted by Crippen LogP contribution is 2.15. The van der Waals surface area contributed by atoms with Gasteiger partial charge >= 0.3 is 0 Å². The van der Waals surface area contributed by atoms with Gasteiger partial charge in [0.15, 0.2) is 0 Å². The Morgan fingerprint density at radius 2 is 1.41 bits per heavy atom. The van der Waals surface area contributed by atoms with Gasteiger partial charge < -0.3 is 0 Å². The van der Waals surface area contributed by atoms with Crippen LogP contribution in [0.5, 0.6) is 0 Å². The highest BCUT2D eigenvalue weighted by molar-refractivity contribution is 7.28. The van der Waals surface area contributed by atoms with Crippen molar-refractivity contribution >= 4 is 8.19 Å². The summed E-state index contributed by atoms with van der Waals surface area (Å²) in [5.41, 5.74) is 1.59. The number of rotatable bonds is 11. The molecule has 0 amide bonds. The molecule has 1 rings (SSSR count). The van der Waals surface area contributed by atoms with E-state index in [4.69, 9.17) is 0 Å². The predicted molar refractivity (Wildman–Crippen MR) is 81.5 cm³/mol. The zero-order valence-corrected chi connectivity index (χ0v) is 12.5. The number of aryl methyl sites for hydroxylation is 1. The normalized spacial score (nSPS) is 11.4. The third kappa shape index (κ3) is 8.50. The van der Waals surface area contributed by atoms with Gasteiger partial charge in [0, 0.05) is 0 Å². The van der Waals surface area contributed by atoms with Crippen molar-refractivity contribution in [3.05, 3.63) is 23.2 Å². The highest BCUT2D eigenvalue weighted by Gasteiger charge is 1.94. The number of hydrogen-bond acceptors (Lipinski definition) is 0. The Morgan fingerprint density at radius 3 is 1.94 bits per heavy atom. The summed E-state index contributed by atoms with van der Waals surface area (Å²) in [7, 11) is 0.958. The van der Waals surface area contributed by atoms with Crippen LogP contribution in [-0.4, -0.2) is 0 Å². The van der Waals surface area contributed by atoms with Crippen LogP contribution in [0, 0.1) is 0 Å². The first-order chi connectivity index (χ1) is 8.43. The molecule has 0 aliphatic heterocycles. The fourth-order valence-electron chi connectivity index (χ4n) is 2.33. The first-order valence-corrected chi connectivity index (χ1v) is 8.70. The lowest BCUT2D eigenvalue weighted by atomic mass is 10.0. The maximum atomic E-state index is 2.40. The van der Waals surface area contributed by atoms with Crippen LogP contribution in [0.25, 0.3) is 0 Å². The molecule has 0 aromatic carbocycles. The maximum Gasteiger partial charge on any atom is -0.0276 e. The molecule has 1 heteroatoms. The average molecular weight is 252 g/mol. The van der Waals surface area contributed by atoms with E-state index < -0.39 is 0 Å². The minimum atomic E-state index is 0.958. The van der Waals surface area contributed by atoms with Crippen LogP contribution >= 0.6 is 8.19 Å². The van der Waals surface area contributed by atoms with E-state index in [1.165, 1.54) is 70.6 Å². The summed E-state index contributed by atoms with van der Waals surface area (Å²) in [6.45, 7) is 2.29. The largest absolute Gasteiger partial charge is 0.140 e. The molecule has 0 bridgehead atoms. The predicted octanol–water partition coefficient (Wildman–Crippen LogP) is 6.18. The van der Waals surface area contributed by atoms with Crippen molar-refractivity contribution in [2.45, 2.75) is 77.6 Å². The van der Waals surface area contributed by atoms with Gasteiger partial charge in [0.05, 0.1) is 0 Å². The topological polar surface area (TPSA) is 0 Å². The quantitative estimate of drug-likeness (QED) is 0.412. The van der Waals surface area contributed by atoms with Crippen LogP contribution in [0.15, 0.2) is 17.7 Å².